The van der Waals surface area contributed by atoms with E-state index in [1.165, 1.54) is 32.3 Å². The first-order valence-corrected chi connectivity index (χ1v) is 20.4. The summed E-state index contributed by atoms with van der Waals surface area (Å²) in [4.78, 5) is 61.3. The van der Waals surface area contributed by atoms with E-state index in [2.05, 4.69) is 10.7 Å². The van der Waals surface area contributed by atoms with Gasteiger partial charge in [0.2, 0.25) is 17.6 Å². The number of nitrogens with one attached hydrogen (secondary N) is 2. The highest BCUT2D eigenvalue weighted by Crippen LogP contribution is 2.65. The first kappa shape index (κ1) is 39.9. The maximum Gasteiger partial charge on any atom is 0.260 e. The molecule has 9 rings (SSSR count). The lowest BCUT2D eigenvalue weighted by Gasteiger charge is -2.50. The normalized spacial score (nSPS) is 24.1. The van der Waals surface area contributed by atoms with Gasteiger partial charge in [0.05, 0.1) is 60.9 Å². The SMILES string of the molecule is COc1ccc(C23C(=O)N(Nc4ccc(Cl)cc4Cl)C(=O)C2CC2C(=CCC4C(=O)N(c5ccc(Nc6ccccc6)cc5)C(=O)C42)C3c2cc(OC)c(O)c(OC)c2)cc1. The molecule has 12 nitrogen and oxygen atoms in total. The van der Waals surface area contributed by atoms with Crippen LogP contribution in [0.5, 0.6) is 23.0 Å². The Morgan fingerprint density at radius 2 is 1.41 bits per heavy atom. The number of phenolic OH excluding ortho intramolecular Hbond substituents is 1. The van der Waals surface area contributed by atoms with Gasteiger partial charge in [-0.1, -0.05) is 65.2 Å². The molecule has 2 heterocycles. The number of hydrazine groups is 1. The molecule has 1 saturated carbocycles. The summed E-state index contributed by atoms with van der Waals surface area (Å²) >= 11 is 12.8. The van der Waals surface area contributed by atoms with Crippen molar-refractivity contribution in [2.24, 2.45) is 23.7 Å². The van der Waals surface area contributed by atoms with Crippen LogP contribution in [0, 0.1) is 23.7 Å². The number of hydrogen-bond donors (Lipinski definition) is 3. The van der Waals surface area contributed by atoms with Gasteiger partial charge in [0.25, 0.3) is 11.8 Å². The Hall–Kier alpha value is -6.50. The highest BCUT2D eigenvalue weighted by Gasteiger charge is 2.70. The van der Waals surface area contributed by atoms with E-state index >= 15 is 9.59 Å². The maximum atomic E-state index is 15.6. The van der Waals surface area contributed by atoms with Gasteiger partial charge in [-0.05, 0) is 109 Å². The number of phenols is 1. The van der Waals surface area contributed by atoms with Crippen molar-refractivity contribution in [1.82, 2.24) is 5.01 Å². The second kappa shape index (κ2) is 15.5. The molecule has 0 aromatic heterocycles. The lowest BCUT2D eigenvalue weighted by atomic mass is 9.49. The van der Waals surface area contributed by atoms with Gasteiger partial charge in [0, 0.05) is 22.3 Å². The molecule has 61 heavy (non-hydrogen) atoms. The zero-order valence-corrected chi connectivity index (χ0v) is 34.7. The third kappa shape index (κ3) is 6.35. The van der Waals surface area contributed by atoms with Gasteiger partial charge in [-0.25, -0.2) is 0 Å². The second-order valence-corrected chi connectivity index (χ2v) is 16.4. The Bertz CT molecular complexity index is 2600. The van der Waals surface area contributed by atoms with Crippen LogP contribution in [0.25, 0.3) is 0 Å². The third-order valence-corrected chi connectivity index (χ3v) is 13.2. The summed E-state index contributed by atoms with van der Waals surface area (Å²) in [5.74, 6) is -5.60. The Balaban J connectivity index is 1.19. The molecule has 3 fully saturated rings. The predicted molar refractivity (Wildman–Crippen MR) is 230 cm³/mol. The van der Waals surface area contributed by atoms with Gasteiger partial charge >= 0.3 is 0 Å². The summed E-state index contributed by atoms with van der Waals surface area (Å²) in [6, 6.07) is 31.7. The molecule has 6 unspecified atom stereocenters. The van der Waals surface area contributed by atoms with Crippen LogP contribution in [-0.4, -0.2) is 55.1 Å². The number of ether oxygens (including phenoxy) is 3. The van der Waals surface area contributed by atoms with Gasteiger partial charge in [-0.2, -0.15) is 5.01 Å². The van der Waals surface area contributed by atoms with Crippen LogP contribution in [0.4, 0.5) is 22.7 Å². The van der Waals surface area contributed by atoms with E-state index in [9.17, 15) is 14.7 Å². The first-order valence-electron chi connectivity index (χ1n) is 19.7. The van der Waals surface area contributed by atoms with Crippen LogP contribution in [-0.2, 0) is 24.6 Å². The number of allylic oxidation sites excluding steroid dienone is 2. The molecule has 4 aliphatic rings. The Labute approximate surface area is 361 Å². The average molecular weight is 860 g/mol. The summed E-state index contributed by atoms with van der Waals surface area (Å²) in [5.41, 5.74) is 5.45. The smallest absolute Gasteiger partial charge is 0.260 e. The molecule has 2 saturated heterocycles. The molecule has 6 atom stereocenters. The van der Waals surface area contributed by atoms with Crippen molar-refractivity contribution in [3.63, 3.8) is 0 Å². The molecule has 2 aliphatic carbocycles. The van der Waals surface area contributed by atoms with Gasteiger partial charge in [0.1, 0.15) is 5.75 Å². The predicted octanol–water partition coefficient (Wildman–Crippen LogP) is 8.66. The fraction of sp³-hybridized carbons (Fsp3) is 0.234. The number of anilines is 4. The second-order valence-electron chi connectivity index (χ2n) is 15.5. The van der Waals surface area contributed by atoms with E-state index in [-0.39, 0.29) is 52.6 Å². The zero-order chi connectivity index (χ0) is 42.7. The number of halogens is 2. The number of carbonyl (C=O) groups is 4. The number of benzene rings is 5. The van der Waals surface area contributed by atoms with Gasteiger partial charge in [-0.3, -0.25) is 29.5 Å². The number of carbonyl (C=O) groups excluding carboxylic acids is 4. The van der Waals surface area contributed by atoms with Gasteiger partial charge < -0.3 is 24.6 Å². The number of fused-ring (bicyclic) bond motifs is 4. The Kier molecular flexibility index (Phi) is 10.2. The molecule has 2 aliphatic heterocycles. The van der Waals surface area contributed by atoms with Crippen molar-refractivity contribution < 1.29 is 38.5 Å². The maximum absolute atomic E-state index is 15.6. The van der Waals surface area contributed by atoms with Gasteiger partial charge in [-0.15, -0.1) is 0 Å². The molecule has 0 spiro atoms. The van der Waals surface area contributed by atoms with Crippen LogP contribution in [0.15, 0.2) is 121 Å². The average Bonchev–Trinajstić information content (AvgIpc) is 3.65. The topological polar surface area (TPSA) is 147 Å². The van der Waals surface area contributed by atoms with Crippen molar-refractivity contribution in [2.45, 2.75) is 24.2 Å². The van der Waals surface area contributed by atoms with Crippen LogP contribution in [0.3, 0.4) is 0 Å². The van der Waals surface area contributed by atoms with Crippen molar-refractivity contribution in [3.8, 4) is 23.0 Å². The molecule has 14 heteroatoms. The highest BCUT2D eigenvalue weighted by atomic mass is 35.5. The minimum atomic E-state index is -1.63. The largest absolute Gasteiger partial charge is 0.502 e. The summed E-state index contributed by atoms with van der Waals surface area (Å²) in [6.07, 6.45) is 2.23. The molecule has 0 radical (unpaired) electrons. The lowest BCUT2D eigenvalue weighted by Crippen LogP contribution is -2.53. The Morgan fingerprint density at radius 1 is 0.738 bits per heavy atom. The van der Waals surface area contributed by atoms with Crippen molar-refractivity contribution in [3.05, 3.63) is 142 Å². The van der Waals surface area contributed by atoms with Crippen molar-refractivity contribution >= 4 is 69.6 Å². The minimum Gasteiger partial charge on any atom is -0.502 e. The standard InChI is InChI=1S/C47H40Cl2N4O8/c1-59-31-16-9-26(10-17-31)47-35(44(56)53(46(47)58)51-37-20-11-27(48)23-36(37)49)24-34-32(41(47)25-21-38(60-2)42(54)39(22-25)61-3)18-19-33-40(34)45(57)52(43(33)55)30-14-12-29(13-15-30)50-28-7-5-4-6-8-28/h4-18,20-23,33-35,40-41,50-51,54H,19,24H2,1-3H3. The van der Waals surface area contributed by atoms with Gasteiger partial charge in [0.15, 0.2) is 11.5 Å². The monoisotopic (exact) mass is 858 g/mol. The van der Waals surface area contributed by atoms with E-state index < -0.39 is 46.8 Å². The number of nitrogens with zero attached hydrogens (tertiary/aromatic N) is 2. The summed E-state index contributed by atoms with van der Waals surface area (Å²) in [7, 11) is 4.34. The third-order valence-electron chi connectivity index (χ3n) is 12.6. The Morgan fingerprint density at radius 3 is 2.05 bits per heavy atom. The first-order chi connectivity index (χ1) is 29.5. The molecule has 0 bridgehead atoms. The number of amides is 4. The highest BCUT2D eigenvalue weighted by molar-refractivity contribution is 6.36. The fourth-order valence-electron chi connectivity index (χ4n) is 9.94. The van der Waals surface area contributed by atoms with Crippen LogP contribution < -0.4 is 29.9 Å². The van der Waals surface area contributed by atoms with E-state index in [0.29, 0.717) is 33.2 Å². The van der Waals surface area contributed by atoms with E-state index in [4.69, 9.17) is 37.4 Å². The molecule has 310 valence electrons. The summed E-state index contributed by atoms with van der Waals surface area (Å²) in [6.45, 7) is 0. The van der Waals surface area contributed by atoms with Crippen molar-refractivity contribution in [2.75, 3.05) is 37.0 Å². The lowest BCUT2D eigenvalue weighted by molar-refractivity contribution is -0.138. The van der Waals surface area contributed by atoms with E-state index in [1.54, 1.807) is 60.7 Å². The molecule has 5 aromatic carbocycles. The summed E-state index contributed by atoms with van der Waals surface area (Å²) in [5, 5.41) is 16.0. The number of para-hydroxylation sites is 1. The number of rotatable bonds is 10. The zero-order valence-electron chi connectivity index (χ0n) is 33.2. The van der Waals surface area contributed by atoms with E-state index in [0.717, 1.165) is 16.4 Å². The van der Waals surface area contributed by atoms with Crippen LogP contribution >= 0.6 is 23.2 Å². The molecule has 3 N–H and O–H groups in total. The molecular formula is C47H40Cl2N4O8. The molecular weight excluding hydrogens is 819 g/mol. The summed E-state index contributed by atoms with van der Waals surface area (Å²) < 4.78 is 16.8. The number of imide groups is 2. The van der Waals surface area contributed by atoms with Crippen LogP contribution in [0.2, 0.25) is 10.0 Å². The van der Waals surface area contributed by atoms with Crippen molar-refractivity contribution in [1.29, 1.82) is 0 Å². The van der Waals surface area contributed by atoms with Crippen LogP contribution in [0.1, 0.15) is 29.9 Å². The quantitative estimate of drug-likeness (QED) is 0.0922. The minimum absolute atomic E-state index is 0.0613. The number of aromatic hydroxyl groups is 1. The number of methoxy groups -OCH3 is 3. The molecule has 4 amide bonds. The van der Waals surface area contributed by atoms with E-state index in [1.807, 2.05) is 48.5 Å². The number of hydrogen-bond acceptors (Lipinski definition) is 10. The molecule has 5 aromatic rings. The fourth-order valence-corrected chi connectivity index (χ4v) is 10.4.